The van der Waals surface area contributed by atoms with Crippen LogP contribution in [0.5, 0.6) is 0 Å². The maximum atomic E-state index is 13.1. The van der Waals surface area contributed by atoms with E-state index in [1.165, 1.54) is 0 Å². The lowest BCUT2D eigenvalue weighted by atomic mass is 10.1. The summed E-state index contributed by atoms with van der Waals surface area (Å²) in [6, 6.07) is 1.92. The maximum absolute atomic E-state index is 13.1. The summed E-state index contributed by atoms with van der Waals surface area (Å²) in [6.45, 7) is 3.76. The zero-order valence-electron chi connectivity index (χ0n) is 9.17. The van der Waals surface area contributed by atoms with Gasteiger partial charge in [0, 0.05) is 17.7 Å². The fourth-order valence-electron chi connectivity index (χ4n) is 1.00. The van der Waals surface area contributed by atoms with Crippen molar-refractivity contribution in [3.8, 4) is 0 Å². The summed E-state index contributed by atoms with van der Waals surface area (Å²) >= 11 is 0. The smallest absolute Gasteiger partial charge is 0.170 e. The van der Waals surface area contributed by atoms with E-state index in [2.05, 4.69) is 5.16 Å². The molecule has 1 aromatic rings. The first-order chi connectivity index (χ1) is 7.60. The van der Waals surface area contributed by atoms with Crippen LogP contribution in [-0.4, -0.2) is 11.0 Å². The van der Waals surface area contributed by atoms with Gasteiger partial charge in [-0.3, -0.25) is 0 Å². The molecule has 0 spiro atoms. The highest BCUT2D eigenvalue weighted by Gasteiger charge is 2.11. The molecule has 4 nitrogen and oxygen atoms in total. The topological polar surface area (TPSA) is 84.6 Å². The van der Waals surface area contributed by atoms with E-state index in [4.69, 9.17) is 16.7 Å². The Balaban J connectivity index is 0.00000106. The molecule has 16 heavy (non-hydrogen) atoms. The van der Waals surface area contributed by atoms with Crippen molar-refractivity contribution in [2.75, 3.05) is 0 Å². The molecular formula is C10H15F2N3O. The Morgan fingerprint density at radius 1 is 1.31 bits per heavy atom. The van der Waals surface area contributed by atoms with Crippen LogP contribution in [0.4, 0.5) is 8.78 Å². The molecule has 90 valence electrons. The van der Waals surface area contributed by atoms with E-state index in [-0.39, 0.29) is 23.5 Å². The average molecular weight is 231 g/mol. The SMILES string of the molecule is CC.NCc1c(F)cc(/C(N)=N/O)cc1F. The summed E-state index contributed by atoms with van der Waals surface area (Å²) in [4.78, 5) is 0. The molecule has 0 aliphatic rings. The van der Waals surface area contributed by atoms with Crippen molar-refractivity contribution in [3.05, 3.63) is 34.9 Å². The lowest BCUT2D eigenvalue weighted by Crippen LogP contribution is -2.15. The second-order valence-corrected chi connectivity index (χ2v) is 2.61. The van der Waals surface area contributed by atoms with Gasteiger partial charge in [0.25, 0.3) is 0 Å². The predicted molar refractivity (Wildman–Crippen MR) is 58.1 cm³/mol. The summed E-state index contributed by atoms with van der Waals surface area (Å²) in [5.41, 5.74) is 10.0. The standard InChI is InChI=1S/C8H9F2N3O.C2H6/c9-6-1-4(8(12)13-14)2-7(10)5(6)3-11;1-2/h1-2,14H,3,11H2,(H2,12,13);1-2H3. The van der Waals surface area contributed by atoms with Crippen LogP contribution in [0.3, 0.4) is 0 Å². The first-order valence-electron chi connectivity index (χ1n) is 4.76. The normalized spacial score (nSPS) is 10.7. The first kappa shape index (κ1) is 14.3. The molecule has 0 saturated heterocycles. The lowest BCUT2D eigenvalue weighted by molar-refractivity contribution is 0.318. The quantitative estimate of drug-likeness (QED) is 0.312. The minimum atomic E-state index is -0.811. The molecule has 1 aromatic carbocycles. The number of rotatable bonds is 2. The van der Waals surface area contributed by atoms with Gasteiger partial charge in [-0.1, -0.05) is 19.0 Å². The van der Waals surface area contributed by atoms with Gasteiger partial charge >= 0.3 is 0 Å². The van der Waals surface area contributed by atoms with E-state index in [1.54, 1.807) is 0 Å². The van der Waals surface area contributed by atoms with E-state index in [0.717, 1.165) is 12.1 Å². The molecule has 0 saturated carbocycles. The third kappa shape index (κ3) is 3.16. The Kier molecular flexibility index (Phi) is 6.02. The zero-order valence-corrected chi connectivity index (χ0v) is 9.17. The van der Waals surface area contributed by atoms with Crippen molar-refractivity contribution in [2.45, 2.75) is 20.4 Å². The molecule has 0 aromatic heterocycles. The largest absolute Gasteiger partial charge is 0.409 e. The fraction of sp³-hybridized carbons (Fsp3) is 0.300. The van der Waals surface area contributed by atoms with Crippen molar-refractivity contribution in [1.82, 2.24) is 0 Å². The van der Waals surface area contributed by atoms with E-state index >= 15 is 0 Å². The Labute approximate surface area is 92.6 Å². The molecule has 0 radical (unpaired) electrons. The molecule has 0 bridgehead atoms. The average Bonchev–Trinajstić information content (AvgIpc) is 2.30. The second-order valence-electron chi connectivity index (χ2n) is 2.61. The Bertz CT molecular complexity index is 357. The molecule has 0 aliphatic carbocycles. The highest BCUT2D eigenvalue weighted by Crippen LogP contribution is 2.14. The molecule has 0 aliphatic heterocycles. The third-order valence-corrected chi connectivity index (χ3v) is 1.75. The van der Waals surface area contributed by atoms with Crippen molar-refractivity contribution < 1.29 is 14.0 Å². The number of nitrogens with two attached hydrogens (primary N) is 2. The highest BCUT2D eigenvalue weighted by atomic mass is 19.1. The van der Waals surface area contributed by atoms with Crippen LogP contribution in [0.1, 0.15) is 25.0 Å². The number of halogens is 2. The van der Waals surface area contributed by atoms with Gasteiger partial charge in [0.2, 0.25) is 0 Å². The summed E-state index contributed by atoms with van der Waals surface area (Å²) < 4.78 is 26.2. The number of oxime groups is 1. The number of hydrogen-bond acceptors (Lipinski definition) is 3. The number of benzene rings is 1. The molecular weight excluding hydrogens is 216 g/mol. The molecule has 1 rings (SSSR count). The van der Waals surface area contributed by atoms with Crippen LogP contribution in [-0.2, 0) is 6.54 Å². The molecule has 0 heterocycles. The Hall–Kier alpha value is -1.69. The highest BCUT2D eigenvalue weighted by molar-refractivity contribution is 5.97. The minimum absolute atomic E-state index is 0.0281. The van der Waals surface area contributed by atoms with Crippen LogP contribution < -0.4 is 11.5 Å². The van der Waals surface area contributed by atoms with Gasteiger partial charge in [0.15, 0.2) is 5.84 Å². The van der Waals surface area contributed by atoms with E-state index in [1.807, 2.05) is 13.8 Å². The molecule has 0 amide bonds. The summed E-state index contributed by atoms with van der Waals surface area (Å²) in [5, 5.41) is 10.9. The van der Waals surface area contributed by atoms with Gasteiger partial charge < -0.3 is 16.7 Å². The summed E-state index contributed by atoms with van der Waals surface area (Å²) in [5.74, 6) is -1.98. The van der Waals surface area contributed by atoms with Crippen LogP contribution >= 0.6 is 0 Å². The molecule has 6 heteroatoms. The minimum Gasteiger partial charge on any atom is -0.409 e. The lowest BCUT2D eigenvalue weighted by Gasteiger charge is -2.04. The van der Waals surface area contributed by atoms with Crippen LogP contribution in [0.15, 0.2) is 17.3 Å². The van der Waals surface area contributed by atoms with Gasteiger partial charge in [-0.2, -0.15) is 0 Å². The van der Waals surface area contributed by atoms with Gasteiger partial charge in [-0.15, -0.1) is 0 Å². The van der Waals surface area contributed by atoms with Crippen LogP contribution in [0.25, 0.3) is 0 Å². The predicted octanol–water partition coefficient (Wildman–Crippen LogP) is 1.54. The molecule has 0 fully saturated rings. The van der Waals surface area contributed by atoms with Gasteiger partial charge in [0.1, 0.15) is 11.6 Å². The zero-order chi connectivity index (χ0) is 12.7. The summed E-state index contributed by atoms with van der Waals surface area (Å²) in [6.07, 6.45) is 0. The second kappa shape index (κ2) is 6.73. The van der Waals surface area contributed by atoms with E-state index < -0.39 is 11.6 Å². The third-order valence-electron chi connectivity index (χ3n) is 1.75. The maximum Gasteiger partial charge on any atom is 0.170 e. The monoisotopic (exact) mass is 231 g/mol. The number of hydrogen-bond donors (Lipinski definition) is 3. The van der Waals surface area contributed by atoms with Crippen molar-refractivity contribution in [1.29, 1.82) is 0 Å². The fourth-order valence-corrected chi connectivity index (χ4v) is 1.00. The Morgan fingerprint density at radius 3 is 2.06 bits per heavy atom. The van der Waals surface area contributed by atoms with Crippen molar-refractivity contribution >= 4 is 5.84 Å². The van der Waals surface area contributed by atoms with Crippen LogP contribution in [0.2, 0.25) is 0 Å². The first-order valence-corrected chi connectivity index (χ1v) is 4.76. The van der Waals surface area contributed by atoms with E-state index in [0.29, 0.717) is 0 Å². The number of amidine groups is 1. The van der Waals surface area contributed by atoms with E-state index in [9.17, 15) is 8.78 Å². The molecule has 0 atom stereocenters. The molecule has 5 N–H and O–H groups in total. The van der Waals surface area contributed by atoms with Crippen molar-refractivity contribution in [2.24, 2.45) is 16.6 Å². The Morgan fingerprint density at radius 2 is 1.75 bits per heavy atom. The van der Waals surface area contributed by atoms with Gasteiger partial charge in [-0.25, -0.2) is 8.78 Å². The number of nitrogens with zero attached hydrogens (tertiary/aromatic N) is 1. The molecule has 0 unspecified atom stereocenters. The van der Waals surface area contributed by atoms with Crippen molar-refractivity contribution in [3.63, 3.8) is 0 Å². The van der Waals surface area contributed by atoms with Crippen LogP contribution in [0, 0.1) is 11.6 Å². The van der Waals surface area contributed by atoms with Gasteiger partial charge in [0.05, 0.1) is 0 Å². The van der Waals surface area contributed by atoms with Gasteiger partial charge in [-0.05, 0) is 12.1 Å². The summed E-state index contributed by atoms with van der Waals surface area (Å²) in [7, 11) is 0.